The number of carbonyl (C=O) groups is 1. The van der Waals surface area contributed by atoms with Gasteiger partial charge in [-0.05, 0) is 23.6 Å². The van der Waals surface area contributed by atoms with Crippen LogP contribution in [0.3, 0.4) is 0 Å². The maximum atomic E-state index is 11.8. The lowest BCUT2D eigenvalue weighted by molar-refractivity contribution is 0.103. The molecule has 0 atom stereocenters. The predicted octanol–water partition coefficient (Wildman–Crippen LogP) is 1.80. The van der Waals surface area contributed by atoms with E-state index in [1.54, 1.807) is 24.4 Å². The number of carbonyl (C=O) groups excluding carboxylic acids is 1. The third kappa shape index (κ3) is 3.28. The monoisotopic (exact) mass is 263 g/mol. The zero-order valence-electron chi connectivity index (χ0n) is 9.59. The number of hydrogen-bond donors (Lipinski definition) is 3. The molecule has 2 rings (SSSR count). The van der Waals surface area contributed by atoms with Crippen LogP contribution in [0.25, 0.3) is 0 Å². The number of nitrogens with one attached hydrogen (secondary N) is 2. The largest absolute Gasteiger partial charge is 0.395 e. The summed E-state index contributed by atoms with van der Waals surface area (Å²) in [6.45, 7) is 0.506. The normalized spacial score (nSPS) is 10.1. The molecular formula is C12H13N3O2S. The van der Waals surface area contributed by atoms with Crippen molar-refractivity contribution >= 4 is 28.7 Å². The van der Waals surface area contributed by atoms with Gasteiger partial charge in [0.05, 0.1) is 23.4 Å². The molecule has 94 valence electrons. The van der Waals surface area contributed by atoms with E-state index in [0.717, 1.165) is 0 Å². The van der Waals surface area contributed by atoms with Gasteiger partial charge in [-0.25, -0.2) is 4.98 Å². The number of nitrogens with zero attached hydrogens (tertiary/aromatic N) is 1. The molecule has 18 heavy (non-hydrogen) atoms. The number of aromatic nitrogens is 1. The molecule has 0 saturated heterocycles. The van der Waals surface area contributed by atoms with Crippen molar-refractivity contribution in [2.45, 2.75) is 0 Å². The Morgan fingerprint density at radius 1 is 1.39 bits per heavy atom. The molecule has 5 nitrogen and oxygen atoms in total. The lowest BCUT2D eigenvalue weighted by Gasteiger charge is -2.06. The van der Waals surface area contributed by atoms with Crippen LogP contribution in [0.1, 0.15) is 9.67 Å². The third-order valence-corrected chi connectivity index (χ3v) is 3.05. The molecule has 0 bridgehead atoms. The molecule has 0 spiro atoms. The van der Waals surface area contributed by atoms with Crippen LogP contribution in [-0.4, -0.2) is 29.1 Å². The highest BCUT2D eigenvalue weighted by atomic mass is 32.1. The van der Waals surface area contributed by atoms with E-state index in [1.165, 1.54) is 11.3 Å². The summed E-state index contributed by atoms with van der Waals surface area (Å²) in [5, 5.41) is 16.2. The molecule has 2 aromatic rings. The first kappa shape index (κ1) is 12.5. The maximum absolute atomic E-state index is 11.8. The summed E-state index contributed by atoms with van der Waals surface area (Å²) in [5.41, 5.74) is 0.642. The zero-order valence-corrected chi connectivity index (χ0v) is 10.4. The number of thiophene rings is 1. The molecule has 0 aliphatic heterocycles. The Labute approximate surface area is 108 Å². The molecule has 0 fully saturated rings. The van der Waals surface area contributed by atoms with E-state index in [1.807, 2.05) is 11.4 Å². The van der Waals surface area contributed by atoms with Gasteiger partial charge in [0.15, 0.2) is 0 Å². The first-order valence-corrected chi connectivity index (χ1v) is 6.33. The van der Waals surface area contributed by atoms with Gasteiger partial charge in [-0.2, -0.15) is 0 Å². The van der Waals surface area contributed by atoms with Crippen LogP contribution >= 0.6 is 11.3 Å². The second-order valence-corrected chi connectivity index (χ2v) is 4.46. The van der Waals surface area contributed by atoms with Crippen LogP contribution in [0, 0.1) is 0 Å². The smallest absolute Gasteiger partial charge is 0.265 e. The SMILES string of the molecule is O=C(Nc1ccc(NCCO)nc1)c1cccs1. The standard InChI is InChI=1S/C12H13N3O2S/c16-6-5-13-11-4-3-9(8-14-11)15-12(17)10-2-1-7-18-10/h1-4,7-8,16H,5-6H2,(H,13,14)(H,15,17). The van der Waals surface area contributed by atoms with Crippen LogP contribution in [0.5, 0.6) is 0 Å². The van der Waals surface area contributed by atoms with Gasteiger partial charge in [0.1, 0.15) is 5.82 Å². The average molecular weight is 263 g/mol. The Bertz CT molecular complexity index is 497. The molecule has 0 unspecified atom stereocenters. The van der Waals surface area contributed by atoms with Crippen molar-refractivity contribution in [2.24, 2.45) is 0 Å². The van der Waals surface area contributed by atoms with Crippen molar-refractivity contribution in [2.75, 3.05) is 23.8 Å². The van der Waals surface area contributed by atoms with Crippen molar-refractivity contribution < 1.29 is 9.90 Å². The molecule has 2 heterocycles. The lowest BCUT2D eigenvalue weighted by atomic mass is 10.3. The number of hydrogen-bond acceptors (Lipinski definition) is 5. The summed E-state index contributed by atoms with van der Waals surface area (Å²) < 4.78 is 0. The first-order chi connectivity index (χ1) is 8.79. The first-order valence-electron chi connectivity index (χ1n) is 5.45. The summed E-state index contributed by atoms with van der Waals surface area (Å²) in [5.74, 6) is 0.529. The van der Waals surface area contributed by atoms with Crippen molar-refractivity contribution in [3.8, 4) is 0 Å². The van der Waals surface area contributed by atoms with Crippen molar-refractivity contribution in [1.82, 2.24) is 4.98 Å². The Morgan fingerprint density at radius 2 is 2.28 bits per heavy atom. The highest BCUT2D eigenvalue weighted by Gasteiger charge is 2.06. The third-order valence-electron chi connectivity index (χ3n) is 2.18. The van der Waals surface area contributed by atoms with E-state index in [0.29, 0.717) is 22.9 Å². The van der Waals surface area contributed by atoms with Gasteiger partial charge >= 0.3 is 0 Å². The number of rotatable bonds is 5. The molecule has 0 aliphatic carbocycles. The minimum atomic E-state index is -0.136. The predicted molar refractivity (Wildman–Crippen MR) is 72.1 cm³/mol. The Hall–Kier alpha value is -1.92. The van der Waals surface area contributed by atoms with Crippen LogP contribution in [0.15, 0.2) is 35.8 Å². The maximum Gasteiger partial charge on any atom is 0.265 e. The van der Waals surface area contributed by atoms with Gasteiger partial charge in [0.25, 0.3) is 5.91 Å². The molecule has 3 N–H and O–H groups in total. The van der Waals surface area contributed by atoms with E-state index in [4.69, 9.17) is 5.11 Å². The molecule has 1 amide bonds. The second kappa shape index (κ2) is 6.13. The summed E-state index contributed by atoms with van der Waals surface area (Å²) in [6, 6.07) is 7.11. The molecule has 2 aromatic heterocycles. The number of amides is 1. The molecule has 0 radical (unpaired) electrons. The summed E-state index contributed by atoms with van der Waals surface area (Å²) in [4.78, 5) is 16.5. The van der Waals surface area contributed by atoms with Gasteiger partial charge in [0, 0.05) is 6.54 Å². The fraction of sp³-hybridized carbons (Fsp3) is 0.167. The van der Waals surface area contributed by atoms with Crippen molar-refractivity contribution in [3.05, 3.63) is 40.7 Å². The lowest BCUT2D eigenvalue weighted by Crippen LogP contribution is -2.11. The molecule has 0 aromatic carbocycles. The summed E-state index contributed by atoms with van der Waals surface area (Å²) in [6.07, 6.45) is 1.57. The average Bonchev–Trinajstić information content (AvgIpc) is 2.92. The quantitative estimate of drug-likeness (QED) is 0.769. The highest BCUT2D eigenvalue weighted by Crippen LogP contribution is 2.13. The Morgan fingerprint density at radius 3 is 2.89 bits per heavy atom. The van der Waals surface area contributed by atoms with Gasteiger partial charge in [-0.1, -0.05) is 6.07 Å². The summed E-state index contributed by atoms with van der Waals surface area (Å²) >= 11 is 1.39. The fourth-order valence-electron chi connectivity index (χ4n) is 1.36. The molecule has 0 saturated carbocycles. The van der Waals surface area contributed by atoms with E-state index in [-0.39, 0.29) is 12.5 Å². The van der Waals surface area contributed by atoms with Crippen LogP contribution < -0.4 is 10.6 Å². The van der Waals surface area contributed by atoms with E-state index >= 15 is 0 Å². The van der Waals surface area contributed by atoms with E-state index in [9.17, 15) is 4.79 Å². The number of aliphatic hydroxyl groups excluding tert-OH is 1. The fourth-order valence-corrected chi connectivity index (χ4v) is 1.98. The zero-order chi connectivity index (χ0) is 12.8. The van der Waals surface area contributed by atoms with Crippen molar-refractivity contribution in [3.63, 3.8) is 0 Å². The van der Waals surface area contributed by atoms with E-state index < -0.39 is 0 Å². The van der Waals surface area contributed by atoms with Crippen LogP contribution in [0.2, 0.25) is 0 Å². The minimum absolute atomic E-state index is 0.0541. The molecule has 6 heteroatoms. The van der Waals surface area contributed by atoms with Gasteiger partial charge in [0.2, 0.25) is 0 Å². The molecule has 0 aliphatic rings. The minimum Gasteiger partial charge on any atom is -0.395 e. The Balaban J connectivity index is 1.96. The Kier molecular flexibility index (Phi) is 4.27. The van der Waals surface area contributed by atoms with Crippen LogP contribution in [-0.2, 0) is 0 Å². The second-order valence-electron chi connectivity index (χ2n) is 3.51. The van der Waals surface area contributed by atoms with Gasteiger partial charge in [-0.3, -0.25) is 4.79 Å². The number of aliphatic hydroxyl groups is 1. The summed E-state index contributed by atoms with van der Waals surface area (Å²) in [7, 11) is 0. The van der Waals surface area contributed by atoms with Gasteiger partial charge < -0.3 is 15.7 Å². The van der Waals surface area contributed by atoms with Crippen LogP contribution in [0.4, 0.5) is 11.5 Å². The van der Waals surface area contributed by atoms with Gasteiger partial charge in [-0.15, -0.1) is 11.3 Å². The molecular weight excluding hydrogens is 250 g/mol. The number of anilines is 2. The number of pyridine rings is 1. The van der Waals surface area contributed by atoms with E-state index in [2.05, 4.69) is 15.6 Å². The highest BCUT2D eigenvalue weighted by molar-refractivity contribution is 7.12. The topological polar surface area (TPSA) is 74.2 Å². The van der Waals surface area contributed by atoms with Crippen molar-refractivity contribution in [1.29, 1.82) is 0 Å².